The number of rotatable bonds is 5. The van der Waals surface area contributed by atoms with Gasteiger partial charge in [-0.2, -0.15) is 0 Å². The molecular formula is C22H25FN2O3. The lowest BCUT2D eigenvalue weighted by Gasteiger charge is -2.29. The van der Waals surface area contributed by atoms with Gasteiger partial charge >= 0.3 is 0 Å². The minimum atomic E-state index is -1.03. The van der Waals surface area contributed by atoms with Gasteiger partial charge in [-0.05, 0) is 42.7 Å². The molecule has 0 saturated carbocycles. The van der Waals surface area contributed by atoms with Crippen molar-refractivity contribution in [2.24, 2.45) is 0 Å². The van der Waals surface area contributed by atoms with Crippen molar-refractivity contribution in [2.75, 3.05) is 6.61 Å². The number of nitrogens with one attached hydrogen (secondary N) is 1. The van der Waals surface area contributed by atoms with E-state index in [9.17, 15) is 19.7 Å². The molecule has 4 N–H and O–H groups in total. The fourth-order valence-corrected chi connectivity index (χ4v) is 4.33. The number of benzene rings is 2. The predicted octanol–water partition coefficient (Wildman–Crippen LogP) is 2.13. The van der Waals surface area contributed by atoms with Crippen molar-refractivity contribution < 1.29 is 19.7 Å². The van der Waals surface area contributed by atoms with Gasteiger partial charge in [0, 0.05) is 29.2 Å². The molecule has 2 heterocycles. The zero-order valence-electron chi connectivity index (χ0n) is 15.7. The number of hydrogen-bond acceptors (Lipinski definition) is 4. The van der Waals surface area contributed by atoms with Crippen LogP contribution in [0.15, 0.2) is 48.5 Å². The van der Waals surface area contributed by atoms with Crippen LogP contribution in [-0.2, 0) is 13.0 Å². The molecule has 0 radical (unpaired) electrons. The standard InChI is InChI=1S/C22H25FN2O3/c1-13-16-10-15(23)7-8-17(16)24-18(13)11-25-19(9-14-5-3-2-4-6-14)21(27)22(28)20(25)12-26/h2-8,10,19-22,24,26-28H,9,11-12H2,1H3/t19-,20+,21-,22+/m0/s1. The summed E-state index contributed by atoms with van der Waals surface area (Å²) < 4.78 is 13.6. The van der Waals surface area contributed by atoms with E-state index in [2.05, 4.69) is 4.98 Å². The molecule has 148 valence electrons. The molecule has 1 saturated heterocycles. The Morgan fingerprint density at radius 2 is 1.75 bits per heavy atom. The van der Waals surface area contributed by atoms with Crippen LogP contribution in [0.25, 0.3) is 10.9 Å². The SMILES string of the molecule is Cc1c(CN2[C@H](CO)[C@@H](O)[C@@H](O)[C@@H]2Cc2ccccc2)[nH]c2ccc(F)cc12. The molecule has 0 spiro atoms. The third-order valence-electron chi connectivity index (χ3n) is 5.93. The van der Waals surface area contributed by atoms with Gasteiger partial charge in [0.15, 0.2) is 0 Å². The van der Waals surface area contributed by atoms with Gasteiger partial charge in [0.2, 0.25) is 0 Å². The van der Waals surface area contributed by atoms with Crippen molar-refractivity contribution in [1.82, 2.24) is 9.88 Å². The Balaban J connectivity index is 1.67. The molecule has 1 aliphatic heterocycles. The molecule has 0 bridgehead atoms. The summed E-state index contributed by atoms with van der Waals surface area (Å²) >= 11 is 0. The molecule has 28 heavy (non-hydrogen) atoms. The normalized spacial score (nSPS) is 25.6. The Kier molecular flexibility index (Phi) is 5.21. The zero-order valence-corrected chi connectivity index (χ0v) is 15.7. The van der Waals surface area contributed by atoms with Gasteiger partial charge < -0.3 is 20.3 Å². The van der Waals surface area contributed by atoms with E-state index in [1.807, 2.05) is 42.2 Å². The fraction of sp³-hybridized carbons (Fsp3) is 0.364. The summed E-state index contributed by atoms with van der Waals surface area (Å²) in [5.74, 6) is -0.289. The molecule has 1 aromatic heterocycles. The number of aromatic amines is 1. The Labute approximate surface area is 163 Å². The Morgan fingerprint density at radius 1 is 1.04 bits per heavy atom. The molecule has 4 rings (SSSR count). The Bertz CT molecular complexity index is 959. The molecule has 2 aromatic carbocycles. The van der Waals surface area contributed by atoms with Gasteiger partial charge in [-0.25, -0.2) is 4.39 Å². The quantitative estimate of drug-likeness (QED) is 0.543. The van der Waals surface area contributed by atoms with E-state index in [0.29, 0.717) is 13.0 Å². The molecule has 6 heteroatoms. The third kappa shape index (κ3) is 3.33. The van der Waals surface area contributed by atoms with Gasteiger partial charge in [0.1, 0.15) is 5.82 Å². The number of H-pyrrole nitrogens is 1. The van der Waals surface area contributed by atoms with Crippen molar-refractivity contribution in [1.29, 1.82) is 0 Å². The average Bonchev–Trinajstić information content (AvgIpc) is 3.12. The van der Waals surface area contributed by atoms with Crippen LogP contribution in [0.2, 0.25) is 0 Å². The van der Waals surface area contributed by atoms with E-state index in [1.54, 1.807) is 6.07 Å². The van der Waals surface area contributed by atoms with Gasteiger partial charge in [-0.15, -0.1) is 0 Å². The van der Waals surface area contributed by atoms with Crippen LogP contribution in [0.1, 0.15) is 16.8 Å². The lowest BCUT2D eigenvalue weighted by atomic mass is 10.0. The minimum absolute atomic E-state index is 0.253. The fourth-order valence-electron chi connectivity index (χ4n) is 4.33. The summed E-state index contributed by atoms with van der Waals surface area (Å²) in [4.78, 5) is 5.28. The van der Waals surface area contributed by atoms with Crippen LogP contribution in [0, 0.1) is 12.7 Å². The maximum absolute atomic E-state index is 13.6. The van der Waals surface area contributed by atoms with Crippen molar-refractivity contribution in [3.05, 3.63) is 71.2 Å². The summed E-state index contributed by atoms with van der Waals surface area (Å²) in [6, 6.07) is 13.5. The molecule has 1 fully saturated rings. The van der Waals surface area contributed by atoms with Gasteiger partial charge in [0.05, 0.1) is 24.9 Å². The van der Waals surface area contributed by atoms with Gasteiger partial charge in [-0.3, -0.25) is 4.90 Å². The van der Waals surface area contributed by atoms with Crippen molar-refractivity contribution in [3.63, 3.8) is 0 Å². The van der Waals surface area contributed by atoms with E-state index < -0.39 is 18.2 Å². The number of likely N-dealkylation sites (tertiary alicyclic amines) is 1. The van der Waals surface area contributed by atoms with Crippen molar-refractivity contribution in [3.8, 4) is 0 Å². The first-order chi connectivity index (χ1) is 13.5. The smallest absolute Gasteiger partial charge is 0.123 e. The summed E-state index contributed by atoms with van der Waals surface area (Å²) in [6.45, 7) is 2.09. The number of hydrogen-bond donors (Lipinski definition) is 4. The van der Waals surface area contributed by atoms with Gasteiger partial charge in [0.25, 0.3) is 0 Å². The number of aliphatic hydroxyl groups is 3. The average molecular weight is 384 g/mol. The zero-order chi connectivity index (χ0) is 19.8. The molecule has 5 nitrogen and oxygen atoms in total. The molecule has 1 aliphatic rings. The second-order valence-corrected chi connectivity index (χ2v) is 7.58. The Morgan fingerprint density at radius 3 is 2.46 bits per heavy atom. The number of nitrogens with zero attached hydrogens (tertiary/aromatic N) is 1. The first kappa shape index (κ1) is 19.1. The summed E-state index contributed by atoms with van der Waals surface area (Å²) in [6.07, 6.45) is -1.43. The largest absolute Gasteiger partial charge is 0.395 e. The van der Waals surface area contributed by atoms with E-state index in [1.165, 1.54) is 12.1 Å². The van der Waals surface area contributed by atoms with Crippen LogP contribution < -0.4 is 0 Å². The molecule has 4 atom stereocenters. The van der Waals surface area contributed by atoms with Crippen LogP contribution in [0.4, 0.5) is 4.39 Å². The molecule has 0 amide bonds. The van der Waals surface area contributed by atoms with Crippen molar-refractivity contribution in [2.45, 2.75) is 44.2 Å². The maximum atomic E-state index is 13.6. The highest BCUT2D eigenvalue weighted by Crippen LogP contribution is 2.31. The highest BCUT2D eigenvalue weighted by Gasteiger charge is 2.47. The second-order valence-electron chi connectivity index (χ2n) is 7.58. The molecule has 0 aliphatic carbocycles. The number of fused-ring (bicyclic) bond motifs is 1. The van der Waals surface area contributed by atoms with Crippen LogP contribution in [-0.4, -0.2) is 56.1 Å². The highest BCUT2D eigenvalue weighted by molar-refractivity contribution is 5.84. The maximum Gasteiger partial charge on any atom is 0.123 e. The Hall–Kier alpha value is -2.25. The summed E-state index contributed by atoms with van der Waals surface area (Å²) in [5.41, 5.74) is 3.71. The number of aryl methyl sites for hydroxylation is 1. The minimum Gasteiger partial charge on any atom is -0.395 e. The monoisotopic (exact) mass is 384 g/mol. The highest BCUT2D eigenvalue weighted by atomic mass is 19.1. The van der Waals surface area contributed by atoms with Gasteiger partial charge in [-0.1, -0.05) is 30.3 Å². The molecule has 0 unspecified atom stereocenters. The molecular weight excluding hydrogens is 359 g/mol. The van der Waals surface area contributed by atoms with E-state index in [4.69, 9.17) is 0 Å². The number of aliphatic hydroxyl groups excluding tert-OH is 3. The summed E-state index contributed by atoms with van der Waals surface area (Å²) in [7, 11) is 0. The van der Waals surface area contributed by atoms with Crippen LogP contribution in [0.3, 0.4) is 0 Å². The topological polar surface area (TPSA) is 79.7 Å². The number of aromatic nitrogens is 1. The lowest BCUT2D eigenvalue weighted by molar-refractivity contribution is 0.0178. The van der Waals surface area contributed by atoms with Crippen LogP contribution >= 0.6 is 0 Å². The summed E-state index contributed by atoms with van der Waals surface area (Å²) in [5, 5.41) is 31.8. The van der Waals surface area contributed by atoms with Crippen molar-refractivity contribution >= 4 is 10.9 Å². The first-order valence-corrected chi connectivity index (χ1v) is 9.53. The lowest BCUT2D eigenvalue weighted by Crippen LogP contribution is -2.42. The second kappa shape index (κ2) is 7.64. The predicted molar refractivity (Wildman–Crippen MR) is 105 cm³/mol. The molecule has 3 aromatic rings. The number of halogens is 1. The van der Waals surface area contributed by atoms with E-state index in [-0.39, 0.29) is 18.5 Å². The van der Waals surface area contributed by atoms with E-state index >= 15 is 0 Å². The van der Waals surface area contributed by atoms with Crippen LogP contribution in [0.5, 0.6) is 0 Å². The van der Waals surface area contributed by atoms with E-state index in [0.717, 1.165) is 27.7 Å². The third-order valence-corrected chi connectivity index (χ3v) is 5.93. The first-order valence-electron chi connectivity index (χ1n) is 9.53.